The molecule has 0 spiro atoms. The lowest BCUT2D eigenvalue weighted by molar-refractivity contribution is 0.254. The minimum atomic E-state index is -1.41. The first-order chi connectivity index (χ1) is 8.51. The van der Waals surface area contributed by atoms with E-state index in [1.807, 2.05) is 0 Å². The van der Waals surface area contributed by atoms with Gasteiger partial charge >= 0.3 is 0 Å². The van der Waals surface area contributed by atoms with Crippen LogP contribution < -0.4 is 5.73 Å². The zero-order chi connectivity index (χ0) is 13.3. The summed E-state index contributed by atoms with van der Waals surface area (Å²) in [6, 6.07) is 2.44. The third-order valence-electron chi connectivity index (χ3n) is 3.55. The van der Waals surface area contributed by atoms with Gasteiger partial charge < -0.3 is 5.73 Å². The van der Waals surface area contributed by atoms with Crippen molar-refractivity contribution in [2.45, 2.75) is 25.9 Å². The molecular weight excluding hydrogens is 241 g/mol. The molecule has 0 aromatic heterocycles. The standard InChI is InChI=1S/C13H17F3N2/c1-8-2-10(5-17)7-18(8)6-9-3-11(14)13(16)12(15)4-9/h3-4,8,10H,2,5-7,17H2,1H3. The monoisotopic (exact) mass is 258 g/mol. The highest BCUT2D eigenvalue weighted by Gasteiger charge is 2.28. The van der Waals surface area contributed by atoms with Crippen molar-refractivity contribution in [3.8, 4) is 0 Å². The molecule has 1 heterocycles. The molecule has 2 N–H and O–H groups in total. The van der Waals surface area contributed by atoms with Gasteiger partial charge in [0.1, 0.15) is 0 Å². The van der Waals surface area contributed by atoms with Gasteiger partial charge in [-0.15, -0.1) is 0 Å². The van der Waals surface area contributed by atoms with Gasteiger partial charge in [0.15, 0.2) is 17.5 Å². The Hall–Kier alpha value is -1.07. The van der Waals surface area contributed by atoms with Crippen molar-refractivity contribution in [2.75, 3.05) is 13.1 Å². The Morgan fingerprint density at radius 2 is 1.89 bits per heavy atom. The van der Waals surface area contributed by atoms with Crippen LogP contribution in [-0.2, 0) is 6.54 Å². The number of likely N-dealkylation sites (tertiary alicyclic amines) is 1. The van der Waals surface area contributed by atoms with Crippen LogP contribution in [0.3, 0.4) is 0 Å². The van der Waals surface area contributed by atoms with Crippen LogP contribution in [0.25, 0.3) is 0 Å². The number of hydrogen-bond acceptors (Lipinski definition) is 2. The second kappa shape index (κ2) is 5.28. The molecule has 2 atom stereocenters. The molecule has 1 saturated heterocycles. The normalized spacial score (nSPS) is 24.7. The third kappa shape index (κ3) is 2.67. The van der Waals surface area contributed by atoms with Gasteiger partial charge in [-0.2, -0.15) is 0 Å². The fourth-order valence-electron chi connectivity index (χ4n) is 2.54. The zero-order valence-electron chi connectivity index (χ0n) is 10.3. The highest BCUT2D eigenvalue weighted by molar-refractivity contribution is 5.19. The summed E-state index contributed by atoms with van der Waals surface area (Å²) in [6.45, 7) is 3.92. The topological polar surface area (TPSA) is 29.3 Å². The number of halogens is 3. The quantitative estimate of drug-likeness (QED) is 0.843. The number of nitrogens with zero attached hydrogens (tertiary/aromatic N) is 1. The van der Waals surface area contributed by atoms with Crippen LogP contribution in [-0.4, -0.2) is 24.0 Å². The van der Waals surface area contributed by atoms with Gasteiger partial charge in [0.2, 0.25) is 0 Å². The largest absolute Gasteiger partial charge is 0.330 e. The fraction of sp³-hybridized carbons (Fsp3) is 0.538. The molecule has 100 valence electrons. The van der Waals surface area contributed by atoms with E-state index in [1.54, 1.807) is 0 Å². The number of hydrogen-bond donors (Lipinski definition) is 1. The first kappa shape index (κ1) is 13.4. The predicted molar refractivity (Wildman–Crippen MR) is 63.3 cm³/mol. The van der Waals surface area contributed by atoms with E-state index in [0.29, 0.717) is 30.6 Å². The lowest BCUT2D eigenvalue weighted by Crippen LogP contribution is -2.27. The molecule has 0 bridgehead atoms. The van der Waals surface area contributed by atoms with Crippen LogP contribution in [0.4, 0.5) is 13.2 Å². The second-order valence-corrected chi connectivity index (χ2v) is 4.99. The van der Waals surface area contributed by atoms with Crippen molar-refractivity contribution >= 4 is 0 Å². The average Bonchev–Trinajstić information content (AvgIpc) is 2.67. The maximum absolute atomic E-state index is 13.1. The van der Waals surface area contributed by atoms with E-state index < -0.39 is 17.5 Å². The summed E-state index contributed by atoms with van der Waals surface area (Å²) < 4.78 is 39.0. The Kier molecular flexibility index (Phi) is 3.92. The Morgan fingerprint density at radius 3 is 2.39 bits per heavy atom. The first-order valence-corrected chi connectivity index (χ1v) is 6.08. The first-order valence-electron chi connectivity index (χ1n) is 6.08. The molecule has 0 radical (unpaired) electrons. The van der Waals surface area contributed by atoms with Crippen molar-refractivity contribution in [1.82, 2.24) is 4.90 Å². The average molecular weight is 258 g/mol. The van der Waals surface area contributed by atoms with Gasteiger partial charge in [-0.3, -0.25) is 4.90 Å². The van der Waals surface area contributed by atoms with Crippen LogP contribution in [0.2, 0.25) is 0 Å². The highest BCUT2D eigenvalue weighted by Crippen LogP contribution is 2.25. The Bertz CT molecular complexity index is 413. The summed E-state index contributed by atoms with van der Waals surface area (Å²) in [4.78, 5) is 2.11. The molecule has 2 nitrogen and oxygen atoms in total. The number of nitrogens with two attached hydrogens (primary N) is 1. The summed E-state index contributed by atoms with van der Waals surface area (Å²) in [5.74, 6) is -3.25. The molecule has 2 unspecified atom stereocenters. The molecule has 0 amide bonds. The van der Waals surface area contributed by atoms with Gasteiger partial charge in [-0.25, -0.2) is 13.2 Å². The van der Waals surface area contributed by atoms with Crippen LogP contribution in [0.1, 0.15) is 18.9 Å². The summed E-state index contributed by atoms with van der Waals surface area (Å²) in [5.41, 5.74) is 6.08. The zero-order valence-corrected chi connectivity index (χ0v) is 10.3. The fourth-order valence-corrected chi connectivity index (χ4v) is 2.54. The molecule has 1 aliphatic rings. The van der Waals surface area contributed by atoms with Gasteiger partial charge in [0.25, 0.3) is 0 Å². The molecular formula is C13H17F3N2. The molecule has 1 aliphatic heterocycles. The smallest absolute Gasteiger partial charge is 0.194 e. The van der Waals surface area contributed by atoms with E-state index >= 15 is 0 Å². The minimum Gasteiger partial charge on any atom is -0.330 e. The van der Waals surface area contributed by atoms with Crippen LogP contribution in [0, 0.1) is 23.4 Å². The van der Waals surface area contributed by atoms with Crippen LogP contribution >= 0.6 is 0 Å². The lowest BCUT2D eigenvalue weighted by atomic mass is 10.1. The molecule has 5 heteroatoms. The van der Waals surface area contributed by atoms with Gasteiger partial charge in [0, 0.05) is 19.1 Å². The SMILES string of the molecule is CC1CC(CN)CN1Cc1cc(F)c(F)c(F)c1. The van der Waals surface area contributed by atoms with E-state index in [0.717, 1.165) is 25.1 Å². The third-order valence-corrected chi connectivity index (χ3v) is 3.55. The highest BCUT2D eigenvalue weighted by atomic mass is 19.2. The predicted octanol–water partition coefficient (Wildman–Crippen LogP) is 2.27. The molecule has 1 fully saturated rings. The van der Waals surface area contributed by atoms with Crippen molar-refractivity contribution in [2.24, 2.45) is 11.7 Å². The van der Waals surface area contributed by atoms with E-state index in [-0.39, 0.29) is 0 Å². The Morgan fingerprint density at radius 1 is 1.28 bits per heavy atom. The van der Waals surface area contributed by atoms with E-state index in [2.05, 4.69) is 11.8 Å². The van der Waals surface area contributed by atoms with Gasteiger partial charge in [-0.1, -0.05) is 0 Å². The summed E-state index contributed by atoms with van der Waals surface area (Å²) in [7, 11) is 0. The van der Waals surface area contributed by atoms with Gasteiger partial charge in [-0.05, 0) is 43.5 Å². The van der Waals surface area contributed by atoms with Crippen molar-refractivity contribution < 1.29 is 13.2 Å². The summed E-state index contributed by atoms with van der Waals surface area (Å²) in [6.07, 6.45) is 0.989. The number of rotatable bonds is 3. The van der Waals surface area contributed by atoms with Crippen LogP contribution in [0.5, 0.6) is 0 Å². The van der Waals surface area contributed by atoms with E-state index in [4.69, 9.17) is 5.73 Å². The molecule has 0 saturated carbocycles. The minimum absolute atomic E-state index is 0.328. The molecule has 2 rings (SSSR count). The van der Waals surface area contributed by atoms with Gasteiger partial charge in [0.05, 0.1) is 0 Å². The lowest BCUT2D eigenvalue weighted by Gasteiger charge is -2.21. The van der Waals surface area contributed by atoms with E-state index in [1.165, 1.54) is 0 Å². The summed E-state index contributed by atoms with van der Waals surface area (Å²) >= 11 is 0. The summed E-state index contributed by atoms with van der Waals surface area (Å²) in [5, 5.41) is 0. The molecule has 1 aromatic carbocycles. The maximum Gasteiger partial charge on any atom is 0.194 e. The van der Waals surface area contributed by atoms with Crippen molar-refractivity contribution in [3.05, 3.63) is 35.1 Å². The molecule has 0 aliphatic carbocycles. The molecule has 1 aromatic rings. The second-order valence-electron chi connectivity index (χ2n) is 4.99. The van der Waals surface area contributed by atoms with Crippen molar-refractivity contribution in [1.29, 1.82) is 0 Å². The Labute approximate surface area is 105 Å². The van der Waals surface area contributed by atoms with Crippen molar-refractivity contribution in [3.63, 3.8) is 0 Å². The number of benzene rings is 1. The van der Waals surface area contributed by atoms with E-state index in [9.17, 15) is 13.2 Å². The maximum atomic E-state index is 13.1. The van der Waals surface area contributed by atoms with Crippen LogP contribution in [0.15, 0.2) is 12.1 Å². The molecule has 18 heavy (non-hydrogen) atoms. The Balaban J connectivity index is 2.10.